The Hall–Kier alpha value is -1.39. The molecular weight excluding hydrogens is 495 g/mol. The largest absolute Gasteiger partial charge is 0.379 e. The van der Waals surface area contributed by atoms with Crippen LogP contribution in [-0.4, -0.2) is 57.4 Å². The Morgan fingerprint density at radius 1 is 1.27 bits per heavy atom. The van der Waals surface area contributed by atoms with E-state index in [1.54, 1.807) is 0 Å². The Morgan fingerprint density at radius 2 is 2.10 bits per heavy atom. The van der Waals surface area contributed by atoms with Crippen molar-refractivity contribution in [2.24, 2.45) is 4.99 Å². The smallest absolute Gasteiger partial charge is 0.226 e. The van der Waals surface area contributed by atoms with Gasteiger partial charge in [0.1, 0.15) is 0 Å². The van der Waals surface area contributed by atoms with Crippen molar-refractivity contribution < 1.29 is 14.3 Å². The molecule has 3 rings (SSSR count). The highest BCUT2D eigenvalue weighted by atomic mass is 127. The first-order valence-corrected chi connectivity index (χ1v) is 10.9. The Balaban J connectivity index is 0.00000320. The van der Waals surface area contributed by atoms with Crippen LogP contribution in [0.5, 0.6) is 0 Å². The van der Waals surface area contributed by atoms with E-state index in [1.807, 2.05) is 17.0 Å². The summed E-state index contributed by atoms with van der Waals surface area (Å²) in [6.45, 7) is 7.38. The zero-order chi connectivity index (χ0) is 20.3. The van der Waals surface area contributed by atoms with E-state index in [9.17, 15) is 4.79 Å². The molecule has 1 atom stereocenters. The van der Waals surface area contributed by atoms with Crippen molar-refractivity contribution in [3.05, 3.63) is 29.8 Å². The summed E-state index contributed by atoms with van der Waals surface area (Å²) in [6, 6.07) is 8.17. The Bertz CT molecular complexity index is 663. The Labute approximate surface area is 197 Å². The van der Waals surface area contributed by atoms with Crippen LogP contribution in [0.2, 0.25) is 0 Å². The fraction of sp³-hybridized carbons (Fsp3) is 0.636. The van der Waals surface area contributed by atoms with Crippen LogP contribution in [0, 0.1) is 0 Å². The van der Waals surface area contributed by atoms with Gasteiger partial charge in [0, 0.05) is 45.0 Å². The topological polar surface area (TPSA) is 75.2 Å². The number of carbonyl (C=O) groups is 1. The molecule has 0 spiro atoms. The number of hydrogen-bond acceptors (Lipinski definition) is 4. The molecule has 30 heavy (non-hydrogen) atoms. The Kier molecular flexibility index (Phi) is 11.5. The van der Waals surface area contributed by atoms with Crippen LogP contribution >= 0.6 is 24.0 Å². The number of ether oxygens (including phenoxy) is 2. The molecule has 2 heterocycles. The molecule has 2 N–H and O–H groups in total. The van der Waals surface area contributed by atoms with E-state index in [0.29, 0.717) is 13.0 Å². The second kappa shape index (κ2) is 13.8. The van der Waals surface area contributed by atoms with E-state index in [2.05, 4.69) is 34.7 Å². The molecule has 2 saturated heterocycles. The zero-order valence-corrected chi connectivity index (χ0v) is 20.2. The molecule has 2 fully saturated rings. The van der Waals surface area contributed by atoms with Crippen LogP contribution in [0.1, 0.15) is 44.6 Å². The minimum Gasteiger partial charge on any atom is -0.379 e. The summed E-state index contributed by atoms with van der Waals surface area (Å²) in [7, 11) is 0. The molecule has 2 aliphatic heterocycles. The fourth-order valence-electron chi connectivity index (χ4n) is 3.55. The van der Waals surface area contributed by atoms with Crippen LogP contribution in [0.25, 0.3) is 0 Å². The molecule has 2 aliphatic rings. The molecule has 0 bridgehead atoms. The highest BCUT2D eigenvalue weighted by molar-refractivity contribution is 14.0. The standard InChI is InChI=1S/C22H34N4O3.HI/c1-2-23-22(24-12-5-14-29-20-11-15-28-17-20)25-16-18-7-9-19(10-8-18)26-13-4-3-6-21(26)27;/h7-10,20H,2-6,11-17H2,1H3,(H2,23,24,25);1H. The van der Waals surface area contributed by atoms with E-state index >= 15 is 0 Å². The third-order valence-corrected chi connectivity index (χ3v) is 5.19. The summed E-state index contributed by atoms with van der Waals surface area (Å²) in [5, 5.41) is 6.64. The van der Waals surface area contributed by atoms with Crippen molar-refractivity contribution in [3.63, 3.8) is 0 Å². The number of nitrogens with one attached hydrogen (secondary N) is 2. The minimum atomic E-state index is 0. The normalized spacial score (nSPS) is 19.5. The van der Waals surface area contributed by atoms with Crippen molar-refractivity contribution in [2.45, 2.75) is 51.7 Å². The number of benzene rings is 1. The van der Waals surface area contributed by atoms with Crippen LogP contribution < -0.4 is 15.5 Å². The number of hydrogen-bond donors (Lipinski definition) is 2. The number of halogens is 1. The zero-order valence-electron chi connectivity index (χ0n) is 17.9. The van der Waals surface area contributed by atoms with Gasteiger partial charge in [0.15, 0.2) is 5.96 Å². The molecule has 1 amide bonds. The van der Waals surface area contributed by atoms with Gasteiger partial charge in [0.2, 0.25) is 5.91 Å². The van der Waals surface area contributed by atoms with Gasteiger partial charge < -0.3 is 25.0 Å². The van der Waals surface area contributed by atoms with Gasteiger partial charge in [-0.1, -0.05) is 12.1 Å². The number of piperidine rings is 1. The molecule has 168 valence electrons. The van der Waals surface area contributed by atoms with Crippen molar-refractivity contribution in [1.82, 2.24) is 10.6 Å². The molecule has 1 aromatic rings. The summed E-state index contributed by atoms with van der Waals surface area (Å²) >= 11 is 0. The lowest BCUT2D eigenvalue weighted by Gasteiger charge is -2.26. The van der Waals surface area contributed by atoms with Gasteiger partial charge >= 0.3 is 0 Å². The van der Waals surface area contributed by atoms with E-state index in [-0.39, 0.29) is 36.0 Å². The van der Waals surface area contributed by atoms with Crippen molar-refractivity contribution in [3.8, 4) is 0 Å². The fourth-order valence-corrected chi connectivity index (χ4v) is 3.55. The van der Waals surface area contributed by atoms with Gasteiger partial charge in [-0.15, -0.1) is 24.0 Å². The summed E-state index contributed by atoms with van der Waals surface area (Å²) in [6.07, 6.45) is 4.93. The number of anilines is 1. The predicted octanol–water partition coefficient (Wildman–Crippen LogP) is 3.07. The lowest BCUT2D eigenvalue weighted by Crippen LogP contribution is -2.38. The van der Waals surface area contributed by atoms with Crippen LogP contribution in [0.4, 0.5) is 5.69 Å². The van der Waals surface area contributed by atoms with E-state index < -0.39 is 0 Å². The second-order valence-corrected chi connectivity index (χ2v) is 7.50. The molecule has 0 aromatic heterocycles. The first-order chi connectivity index (χ1) is 14.3. The molecule has 0 aliphatic carbocycles. The maximum absolute atomic E-state index is 12.1. The van der Waals surface area contributed by atoms with E-state index in [4.69, 9.17) is 9.47 Å². The molecular formula is C22H35IN4O3. The van der Waals surface area contributed by atoms with Crippen molar-refractivity contribution in [1.29, 1.82) is 0 Å². The summed E-state index contributed by atoms with van der Waals surface area (Å²) in [5.41, 5.74) is 2.11. The molecule has 7 nitrogen and oxygen atoms in total. The average molecular weight is 530 g/mol. The number of rotatable bonds is 9. The molecule has 0 saturated carbocycles. The molecule has 8 heteroatoms. The van der Waals surface area contributed by atoms with Gasteiger partial charge in [-0.25, -0.2) is 4.99 Å². The first kappa shape index (κ1) is 24.9. The first-order valence-electron chi connectivity index (χ1n) is 10.9. The number of nitrogens with zero attached hydrogens (tertiary/aromatic N) is 2. The quantitative estimate of drug-likeness (QED) is 0.222. The highest BCUT2D eigenvalue weighted by Crippen LogP contribution is 2.21. The second-order valence-electron chi connectivity index (χ2n) is 7.50. The van der Waals surface area contributed by atoms with Gasteiger partial charge in [0.05, 0.1) is 19.3 Å². The molecule has 0 radical (unpaired) electrons. The van der Waals surface area contributed by atoms with E-state index in [0.717, 1.165) is 82.3 Å². The summed E-state index contributed by atoms with van der Waals surface area (Å²) in [5.74, 6) is 1.04. The average Bonchev–Trinajstić information content (AvgIpc) is 3.26. The summed E-state index contributed by atoms with van der Waals surface area (Å²) < 4.78 is 11.1. The van der Waals surface area contributed by atoms with Gasteiger partial charge in [-0.2, -0.15) is 0 Å². The van der Waals surface area contributed by atoms with Gasteiger partial charge in [0.25, 0.3) is 0 Å². The number of guanidine groups is 1. The monoisotopic (exact) mass is 530 g/mol. The van der Waals surface area contributed by atoms with Crippen LogP contribution in [-0.2, 0) is 20.8 Å². The SMILES string of the molecule is CCNC(=NCc1ccc(N2CCCCC2=O)cc1)NCCCOC1CCOC1.I. The van der Waals surface area contributed by atoms with Gasteiger partial charge in [-0.3, -0.25) is 4.79 Å². The van der Waals surface area contributed by atoms with Crippen molar-refractivity contribution >= 4 is 41.5 Å². The summed E-state index contributed by atoms with van der Waals surface area (Å²) in [4.78, 5) is 18.6. The third kappa shape index (κ3) is 8.03. The maximum Gasteiger partial charge on any atom is 0.226 e. The van der Waals surface area contributed by atoms with E-state index in [1.165, 1.54) is 0 Å². The highest BCUT2D eigenvalue weighted by Gasteiger charge is 2.19. The number of aliphatic imine (C=N–C) groups is 1. The molecule has 1 unspecified atom stereocenters. The number of carbonyl (C=O) groups excluding carboxylic acids is 1. The van der Waals surface area contributed by atoms with Crippen LogP contribution in [0.3, 0.4) is 0 Å². The molecule has 1 aromatic carbocycles. The number of amides is 1. The lowest BCUT2D eigenvalue weighted by molar-refractivity contribution is -0.119. The predicted molar refractivity (Wildman–Crippen MR) is 131 cm³/mol. The Morgan fingerprint density at radius 3 is 2.80 bits per heavy atom. The lowest BCUT2D eigenvalue weighted by atomic mass is 10.1. The van der Waals surface area contributed by atoms with Gasteiger partial charge in [-0.05, 0) is 50.3 Å². The third-order valence-electron chi connectivity index (χ3n) is 5.19. The van der Waals surface area contributed by atoms with Crippen LogP contribution in [0.15, 0.2) is 29.3 Å². The van der Waals surface area contributed by atoms with Crippen molar-refractivity contribution in [2.75, 3.05) is 44.4 Å². The maximum atomic E-state index is 12.1. The minimum absolute atomic E-state index is 0.